The molecule has 0 aliphatic heterocycles. The van der Waals surface area contributed by atoms with Gasteiger partial charge in [0.1, 0.15) is 11.5 Å². The van der Waals surface area contributed by atoms with E-state index in [-0.39, 0.29) is 23.8 Å². The quantitative estimate of drug-likeness (QED) is 0.566. The fourth-order valence-electron chi connectivity index (χ4n) is 2.32. The van der Waals surface area contributed by atoms with Gasteiger partial charge in [0.15, 0.2) is 0 Å². The molecule has 0 bridgehead atoms. The molecule has 0 amide bonds. The number of hydrogen-bond acceptors (Lipinski definition) is 5. The first-order valence-electron chi connectivity index (χ1n) is 8.49. The summed E-state index contributed by atoms with van der Waals surface area (Å²) in [6, 6.07) is 15.0. The van der Waals surface area contributed by atoms with E-state index in [1.807, 2.05) is 48.5 Å². The molecule has 2 aromatic rings. The fourth-order valence-corrected chi connectivity index (χ4v) is 3.14. The number of esters is 2. The molecule has 0 aromatic heterocycles. The van der Waals surface area contributed by atoms with Crippen molar-refractivity contribution in [1.82, 2.24) is 0 Å². The summed E-state index contributed by atoms with van der Waals surface area (Å²) in [6.45, 7) is 0. The predicted molar refractivity (Wildman–Crippen MR) is 93.7 cm³/mol. The van der Waals surface area contributed by atoms with Gasteiger partial charge in [0.05, 0.1) is 11.8 Å². The number of carbonyl (C=O) groups is 2. The van der Waals surface area contributed by atoms with Crippen molar-refractivity contribution in [3.05, 3.63) is 48.5 Å². The third-order valence-electron chi connectivity index (χ3n) is 4.14. The largest absolute Gasteiger partial charge is 0.426 e. The topological polar surface area (TPSA) is 52.6 Å². The first-order chi connectivity index (χ1) is 12.2. The highest BCUT2D eigenvalue weighted by Crippen LogP contribution is 2.34. The Hall–Kier alpha value is -2.27. The van der Waals surface area contributed by atoms with Crippen LogP contribution in [0.5, 0.6) is 11.5 Å². The summed E-state index contributed by atoms with van der Waals surface area (Å²) >= 11 is 1.60. The Morgan fingerprint density at radius 3 is 1.36 bits per heavy atom. The van der Waals surface area contributed by atoms with E-state index in [1.165, 1.54) is 0 Å². The third-order valence-corrected chi connectivity index (χ3v) is 5.16. The number of carbonyl (C=O) groups excluding carboxylic acids is 2. The second-order valence-corrected chi connectivity index (χ2v) is 7.58. The van der Waals surface area contributed by atoms with E-state index in [4.69, 9.17) is 9.47 Å². The lowest BCUT2D eigenvalue weighted by molar-refractivity contribution is -0.136. The lowest BCUT2D eigenvalue weighted by Gasteiger charge is -2.06. The molecule has 2 aliphatic carbocycles. The number of hydrogen-bond donors (Lipinski definition) is 0. The van der Waals surface area contributed by atoms with Crippen LogP contribution in [0, 0.1) is 11.8 Å². The summed E-state index contributed by atoms with van der Waals surface area (Å²) in [7, 11) is 0. The van der Waals surface area contributed by atoms with Crippen molar-refractivity contribution in [2.45, 2.75) is 35.5 Å². The van der Waals surface area contributed by atoms with Crippen molar-refractivity contribution in [3.8, 4) is 11.5 Å². The van der Waals surface area contributed by atoms with Crippen LogP contribution in [0.15, 0.2) is 58.3 Å². The molecular weight excluding hydrogens is 336 g/mol. The molecule has 2 fully saturated rings. The molecule has 0 atom stereocenters. The van der Waals surface area contributed by atoms with Crippen LogP contribution < -0.4 is 9.47 Å². The monoisotopic (exact) mass is 354 g/mol. The average Bonchev–Trinajstić information content (AvgIpc) is 3.50. The van der Waals surface area contributed by atoms with Gasteiger partial charge in [-0.15, -0.1) is 0 Å². The molecule has 0 saturated heterocycles. The summed E-state index contributed by atoms with van der Waals surface area (Å²) < 4.78 is 10.6. The number of rotatable bonds is 6. The second-order valence-electron chi connectivity index (χ2n) is 6.44. The molecule has 5 heteroatoms. The SMILES string of the molecule is O=C(Oc1ccc(Sc2ccc(OC(=O)C3CC3)cc2)cc1)C1CC1. The van der Waals surface area contributed by atoms with Crippen molar-refractivity contribution < 1.29 is 19.1 Å². The van der Waals surface area contributed by atoms with Crippen LogP contribution in [-0.2, 0) is 9.59 Å². The zero-order valence-corrected chi connectivity index (χ0v) is 14.5. The standard InChI is InChI=1S/C20H18O4S/c21-19(13-1-2-13)23-15-5-9-17(10-6-15)25-18-11-7-16(8-12-18)24-20(22)14-3-4-14/h5-14H,1-4H2. The molecule has 0 radical (unpaired) electrons. The van der Waals surface area contributed by atoms with Crippen LogP contribution in [0.4, 0.5) is 0 Å². The summed E-state index contributed by atoms with van der Waals surface area (Å²) in [4.78, 5) is 25.4. The molecule has 4 nitrogen and oxygen atoms in total. The molecule has 0 spiro atoms. The van der Waals surface area contributed by atoms with E-state index in [9.17, 15) is 9.59 Å². The second kappa shape index (κ2) is 6.92. The summed E-state index contributed by atoms with van der Waals surface area (Å²) in [6.07, 6.45) is 3.77. The molecule has 0 heterocycles. The average molecular weight is 354 g/mol. The van der Waals surface area contributed by atoms with Crippen molar-refractivity contribution >= 4 is 23.7 Å². The molecular formula is C20H18O4S. The van der Waals surface area contributed by atoms with E-state index >= 15 is 0 Å². The lowest BCUT2D eigenvalue weighted by atomic mass is 10.3. The van der Waals surface area contributed by atoms with Gasteiger partial charge < -0.3 is 9.47 Å². The fraction of sp³-hybridized carbons (Fsp3) is 0.300. The van der Waals surface area contributed by atoms with Crippen LogP contribution >= 0.6 is 11.8 Å². The number of ether oxygens (including phenoxy) is 2. The highest BCUT2D eigenvalue weighted by molar-refractivity contribution is 7.99. The van der Waals surface area contributed by atoms with Crippen LogP contribution in [0.3, 0.4) is 0 Å². The van der Waals surface area contributed by atoms with Crippen molar-refractivity contribution in [2.75, 3.05) is 0 Å². The third kappa shape index (κ3) is 4.42. The van der Waals surface area contributed by atoms with Gasteiger partial charge in [-0.25, -0.2) is 0 Å². The highest BCUT2D eigenvalue weighted by Gasteiger charge is 2.32. The van der Waals surface area contributed by atoms with Gasteiger partial charge in [-0.3, -0.25) is 9.59 Å². The Morgan fingerprint density at radius 2 is 1.04 bits per heavy atom. The predicted octanol–water partition coefficient (Wildman–Crippen LogP) is 4.47. The van der Waals surface area contributed by atoms with Crippen molar-refractivity contribution in [3.63, 3.8) is 0 Å². The van der Waals surface area contributed by atoms with Crippen LogP contribution in [0.1, 0.15) is 25.7 Å². The highest BCUT2D eigenvalue weighted by atomic mass is 32.2. The van der Waals surface area contributed by atoms with Gasteiger partial charge in [0, 0.05) is 9.79 Å². The Morgan fingerprint density at radius 1 is 0.680 bits per heavy atom. The first-order valence-corrected chi connectivity index (χ1v) is 9.30. The van der Waals surface area contributed by atoms with Crippen LogP contribution in [-0.4, -0.2) is 11.9 Å². The Kier molecular flexibility index (Phi) is 4.49. The molecule has 25 heavy (non-hydrogen) atoms. The minimum Gasteiger partial charge on any atom is -0.426 e. The summed E-state index contributed by atoms with van der Waals surface area (Å²) in [5.74, 6) is 1.11. The van der Waals surface area contributed by atoms with Crippen LogP contribution in [0.2, 0.25) is 0 Å². The van der Waals surface area contributed by atoms with Crippen molar-refractivity contribution in [2.24, 2.45) is 11.8 Å². The Balaban J connectivity index is 1.33. The van der Waals surface area contributed by atoms with Gasteiger partial charge in [-0.2, -0.15) is 0 Å². The summed E-state index contributed by atoms with van der Waals surface area (Å²) in [5, 5.41) is 0. The van der Waals surface area contributed by atoms with Gasteiger partial charge in [0.2, 0.25) is 0 Å². The Labute approximate surface area is 150 Å². The summed E-state index contributed by atoms with van der Waals surface area (Å²) in [5.41, 5.74) is 0. The minimum atomic E-state index is -0.128. The molecule has 4 rings (SSSR count). The molecule has 2 saturated carbocycles. The molecule has 2 aliphatic rings. The van der Waals surface area contributed by atoms with Gasteiger partial charge in [0.25, 0.3) is 0 Å². The van der Waals surface area contributed by atoms with Gasteiger partial charge in [-0.1, -0.05) is 11.8 Å². The molecule has 2 aromatic carbocycles. The first kappa shape index (κ1) is 16.2. The van der Waals surface area contributed by atoms with Crippen molar-refractivity contribution in [1.29, 1.82) is 0 Å². The normalized spacial score (nSPS) is 16.3. The number of benzene rings is 2. The Bertz CT molecular complexity index is 707. The lowest BCUT2D eigenvalue weighted by Crippen LogP contribution is -2.09. The van der Waals surface area contributed by atoms with E-state index in [2.05, 4.69) is 0 Å². The maximum absolute atomic E-state index is 11.6. The maximum Gasteiger partial charge on any atom is 0.314 e. The van der Waals surface area contributed by atoms with E-state index < -0.39 is 0 Å². The molecule has 0 unspecified atom stereocenters. The van der Waals surface area contributed by atoms with E-state index in [0.717, 1.165) is 35.5 Å². The maximum atomic E-state index is 11.6. The van der Waals surface area contributed by atoms with E-state index in [1.54, 1.807) is 11.8 Å². The zero-order valence-electron chi connectivity index (χ0n) is 13.6. The minimum absolute atomic E-state index is 0.0987. The molecule has 128 valence electrons. The zero-order chi connectivity index (χ0) is 17.2. The van der Waals surface area contributed by atoms with Gasteiger partial charge in [-0.05, 0) is 74.2 Å². The molecule has 0 N–H and O–H groups in total. The van der Waals surface area contributed by atoms with Crippen LogP contribution in [0.25, 0.3) is 0 Å². The van der Waals surface area contributed by atoms with Gasteiger partial charge >= 0.3 is 11.9 Å². The smallest absolute Gasteiger partial charge is 0.314 e. The van der Waals surface area contributed by atoms with E-state index in [0.29, 0.717) is 11.5 Å².